The molecule has 3 aromatic rings. The molecule has 180 valence electrons. The zero-order chi connectivity index (χ0) is 24.9. The molecular weight excluding hydrogens is 470 g/mol. The summed E-state index contributed by atoms with van der Waals surface area (Å²) in [6.45, 7) is 0. The number of amides is 1. The molecule has 1 aromatic heterocycles. The Kier molecular flexibility index (Phi) is 7.76. The van der Waals surface area contributed by atoms with Crippen LogP contribution in [0.1, 0.15) is 16.7 Å². The van der Waals surface area contributed by atoms with E-state index in [1.807, 2.05) is 0 Å². The number of aryl methyl sites for hydroxylation is 1. The van der Waals surface area contributed by atoms with Gasteiger partial charge in [0.2, 0.25) is 5.91 Å². The first-order valence-corrected chi connectivity index (χ1v) is 11.8. The molecule has 0 saturated heterocycles. The SMILES string of the molecule is COP(=O)(Cc1ccc(NC(=O)C=Cc2cnn(C)c2-c2ccc(C(F)(F)F)cc2)cc1)OC. The normalized spacial score (nSPS) is 12.3. The molecule has 0 atom stereocenters. The summed E-state index contributed by atoms with van der Waals surface area (Å²) in [5, 5.41) is 6.86. The second kappa shape index (κ2) is 10.4. The molecule has 7 nitrogen and oxygen atoms in total. The third kappa shape index (κ3) is 6.22. The second-order valence-electron chi connectivity index (χ2n) is 7.30. The lowest BCUT2D eigenvalue weighted by molar-refractivity contribution is -0.137. The van der Waals surface area contributed by atoms with Gasteiger partial charge in [-0.25, -0.2) is 0 Å². The standard InChI is InChI=1S/C23H23F3N3O4P/c1-29-22(17-6-9-19(10-7-17)23(24,25)26)18(14-27-29)8-13-21(30)28-20-11-4-16(5-12-20)15-34(31,32-2)33-3/h4-14H,15H2,1-3H3,(H,28,30). The van der Waals surface area contributed by atoms with Crippen molar-refractivity contribution in [3.05, 3.63) is 77.5 Å². The van der Waals surface area contributed by atoms with Crippen molar-refractivity contribution in [1.82, 2.24) is 9.78 Å². The number of hydrogen-bond donors (Lipinski definition) is 1. The van der Waals surface area contributed by atoms with Gasteiger partial charge in [-0.2, -0.15) is 18.3 Å². The number of carbonyl (C=O) groups excluding carboxylic acids is 1. The molecule has 0 fully saturated rings. The molecule has 11 heteroatoms. The number of rotatable bonds is 8. The first kappa shape index (κ1) is 25.4. The first-order valence-electron chi connectivity index (χ1n) is 10.0. The molecule has 0 aliphatic heterocycles. The van der Waals surface area contributed by atoms with Gasteiger partial charge in [0.25, 0.3) is 0 Å². The third-order valence-corrected chi connectivity index (χ3v) is 6.89. The fraction of sp³-hybridized carbons (Fsp3) is 0.217. The summed E-state index contributed by atoms with van der Waals surface area (Å²) in [7, 11) is 1.10. The molecule has 0 radical (unpaired) electrons. The van der Waals surface area contributed by atoms with Gasteiger partial charge in [0.05, 0.1) is 23.6 Å². The van der Waals surface area contributed by atoms with Crippen molar-refractivity contribution in [3.63, 3.8) is 0 Å². The topological polar surface area (TPSA) is 82.5 Å². The predicted molar refractivity (Wildman–Crippen MR) is 123 cm³/mol. The Morgan fingerprint density at radius 3 is 2.26 bits per heavy atom. The average Bonchev–Trinajstić information content (AvgIpc) is 3.18. The minimum atomic E-state index is -4.42. The van der Waals surface area contributed by atoms with E-state index in [9.17, 15) is 22.5 Å². The molecule has 3 rings (SSSR count). The van der Waals surface area contributed by atoms with Crippen LogP contribution in [0.4, 0.5) is 18.9 Å². The maximum Gasteiger partial charge on any atom is 0.416 e. The summed E-state index contributed by atoms with van der Waals surface area (Å²) < 4.78 is 62.1. The van der Waals surface area contributed by atoms with Crippen molar-refractivity contribution >= 4 is 25.3 Å². The van der Waals surface area contributed by atoms with E-state index in [1.165, 1.54) is 49.4 Å². The summed E-state index contributed by atoms with van der Waals surface area (Å²) in [6.07, 6.45) is 0.0499. The van der Waals surface area contributed by atoms with Crippen LogP contribution in [-0.2, 0) is 37.8 Å². The van der Waals surface area contributed by atoms with Crippen molar-refractivity contribution in [2.24, 2.45) is 7.05 Å². The fourth-order valence-electron chi connectivity index (χ4n) is 3.22. The highest BCUT2D eigenvalue weighted by molar-refractivity contribution is 7.52. The highest BCUT2D eigenvalue weighted by Crippen LogP contribution is 2.49. The van der Waals surface area contributed by atoms with Crippen molar-refractivity contribution in [3.8, 4) is 11.3 Å². The number of nitrogens with zero attached hydrogens (tertiary/aromatic N) is 2. The highest BCUT2D eigenvalue weighted by Gasteiger charge is 2.30. The fourth-order valence-corrected chi connectivity index (χ4v) is 4.28. The Hall–Kier alpha value is -3.20. The van der Waals surface area contributed by atoms with Crippen LogP contribution in [0.5, 0.6) is 0 Å². The molecule has 0 aliphatic rings. The number of aromatic nitrogens is 2. The number of halogens is 3. The van der Waals surface area contributed by atoms with Gasteiger partial charge in [-0.15, -0.1) is 0 Å². The van der Waals surface area contributed by atoms with Crippen molar-refractivity contribution in [1.29, 1.82) is 0 Å². The maximum atomic E-state index is 12.8. The monoisotopic (exact) mass is 493 g/mol. The summed E-state index contributed by atoms with van der Waals surface area (Å²) in [4.78, 5) is 12.4. The lowest BCUT2D eigenvalue weighted by Crippen LogP contribution is -2.07. The van der Waals surface area contributed by atoms with Crippen LogP contribution < -0.4 is 5.32 Å². The molecular formula is C23H23F3N3O4P. The van der Waals surface area contributed by atoms with Crippen LogP contribution in [0.25, 0.3) is 17.3 Å². The van der Waals surface area contributed by atoms with Gasteiger partial charge in [0.1, 0.15) is 0 Å². The average molecular weight is 493 g/mol. The van der Waals surface area contributed by atoms with E-state index in [0.29, 0.717) is 22.5 Å². The lowest BCUT2D eigenvalue weighted by atomic mass is 10.1. The van der Waals surface area contributed by atoms with Gasteiger partial charge >= 0.3 is 13.8 Å². The molecule has 1 N–H and O–H groups in total. The Bertz CT molecular complexity index is 1210. The Morgan fingerprint density at radius 2 is 1.71 bits per heavy atom. The van der Waals surface area contributed by atoms with Gasteiger partial charge in [-0.05, 0) is 35.9 Å². The van der Waals surface area contributed by atoms with Crippen LogP contribution >= 0.6 is 7.60 Å². The smallest absolute Gasteiger partial charge is 0.323 e. The van der Waals surface area contributed by atoms with Crippen LogP contribution in [0.15, 0.2) is 60.8 Å². The van der Waals surface area contributed by atoms with Crippen LogP contribution in [0.2, 0.25) is 0 Å². The number of hydrogen-bond acceptors (Lipinski definition) is 5. The summed E-state index contributed by atoms with van der Waals surface area (Å²) in [6, 6.07) is 11.5. The van der Waals surface area contributed by atoms with E-state index < -0.39 is 25.2 Å². The predicted octanol–water partition coefficient (Wildman–Crippen LogP) is 5.74. The maximum absolute atomic E-state index is 12.8. The van der Waals surface area contributed by atoms with E-state index in [0.717, 1.165) is 17.7 Å². The van der Waals surface area contributed by atoms with Crippen molar-refractivity contribution in [2.45, 2.75) is 12.3 Å². The van der Waals surface area contributed by atoms with Gasteiger partial charge in [-0.1, -0.05) is 24.3 Å². The molecule has 1 heterocycles. The molecule has 1 amide bonds. The van der Waals surface area contributed by atoms with Gasteiger partial charge < -0.3 is 14.4 Å². The molecule has 0 unspecified atom stereocenters. The van der Waals surface area contributed by atoms with Gasteiger partial charge in [0.15, 0.2) is 0 Å². The third-order valence-electron chi connectivity index (χ3n) is 5.02. The van der Waals surface area contributed by atoms with Crippen molar-refractivity contribution in [2.75, 3.05) is 19.5 Å². The number of anilines is 1. The first-order chi connectivity index (χ1) is 16.0. The van der Waals surface area contributed by atoms with Crippen LogP contribution in [0, 0.1) is 0 Å². The molecule has 0 bridgehead atoms. The zero-order valence-electron chi connectivity index (χ0n) is 18.7. The summed E-state index contributed by atoms with van der Waals surface area (Å²) in [5.74, 6) is -0.408. The quantitative estimate of drug-likeness (QED) is 0.320. The lowest BCUT2D eigenvalue weighted by Gasteiger charge is -2.13. The van der Waals surface area contributed by atoms with Crippen LogP contribution in [0.3, 0.4) is 0 Å². The van der Waals surface area contributed by atoms with Crippen LogP contribution in [-0.4, -0.2) is 29.9 Å². The molecule has 0 saturated carbocycles. The highest BCUT2D eigenvalue weighted by atomic mass is 31.2. The van der Waals surface area contributed by atoms with E-state index in [4.69, 9.17) is 9.05 Å². The summed E-state index contributed by atoms with van der Waals surface area (Å²) in [5.41, 5.74) is 2.18. The van der Waals surface area contributed by atoms with E-state index in [2.05, 4.69) is 10.4 Å². The zero-order valence-corrected chi connectivity index (χ0v) is 19.6. The van der Waals surface area contributed by atoms with E-state index in [1.54, 1.807) is 31.3 Å². The number of benzene rings is 2. The minimum Gasteiger partial charge on any atom is -0.323 e. The Balaban J connectivity index is 1.70. The van der Waals surface area contributed by atoms with Crippen molar-refractivity contribution < 1.29 is 31.6 Å². The second-order valence-corrected chi connectivity index (χ2v) is 9.57. The van der Waals surface area contributed by atoms with E-state index >= 15 is 0 Å². The Labute approximate surface area is 194 Å². The molecule has 0 aliphatic carbocycles. The molecule has 34 heavy (non-hydrogen) atoms. The number of carbonyl (C=O) groups is 1. The number of nitrogens with one attached hydrogen (secondary N) is 1. The summed E-state index contributed by atoms with van der Waals surface area (Å²) >= 11 is 0. The minimum absolute atomic E-state index is 0.0991. The molecule has 2 aromatic carbocycles. The number of alkyl halides is 3. The van der Waals surface area contributed by atoms with Gasteiger partial charge in [0, 0.05) is 44.2 Å². The molecule has 0 spiro atoms. The van der Waals surface area contributed by atoms with Gasteiger partial charge in [-0.3, -0.25) is 14.0 Å². The Morgan fingerprint density at radius 1 is 1.09 bits per heavy atom. The van der Waals surface area contributed by atoms with E-state index in [-0.39, 0.29) is 6.16 Å². The largest absolute Gasteiger partial charge is 0.416 e.